The molecule has 0 aliphatic rings. The normalized spacial score (nSPS) is 9.80. The van der Waals surface area contributed by atoms with E-state index in [0.717, 1.165) is 6.07 Å². The lowest BCUT2D eigenvalue weighted by Crippen LogP contribution is -2.16. The highest BCUT2D eigenvalue weighted by Crippen LogP contribution is 2.15. The van der Waals surface area contributed by atoms with Crippen LogP contribution in [0, 0.1) is 17.1 Å². The first-order chi connectivity index (χ1) is 11.9. The maximum Gasteiger partial charge on any atom is 0.338 e. The smallest absolute Gasteiger partial charge is 0.338 e. The number of nitrogens with one attached hydrogen (secondary N) is 1. The third kappa shape index (κ3) is 4.72. The minimum Gasteiger partial charge on any atom is -0.454 e. The molecular weight excluding hydrogens is 327 g/mol. The summed E-state index contributed by atoms with van der Waals surface area (Å²) in [4.78, 5) is 34.7. The van der Waals surface area contributed by atoms with Gasteiger partial charge in [-0.1, -0.05) is 0 Å². The number of amides is 1. The number of nitrogens with zero attached hydrogens (tertiary/aromatic N) is 1. The number of benzene rings is 2. The third-order valence-electron chi connectivity index (χ3n) is 3.17. The molecule has 0 aromatic heterocycles. The van der Waals surface area contributed by atoms with Gasteiger partial charge in [0.15, 0.2) is 6.61 Å². The van der Waals surface area contributed by atoms with Crippen molar-refractivity contribution in [2.24, 2.45) is 0 Å². The fourth-order valence-corrected chi connectivity index (χ4v) is 2.00. The number of hydrogen-bond acceptors (Lipinski definition) is 5. The number of halogens is 1. The number of hydrogen-bond donors (Lipinski definition) is 1. The fraction of sp³-hybridized carbons (Fsp3) is 0.111. The van der Waals surface area contributed by atoms with Gasteiger partial charge >= 0.3 is 5.97 Å². The van der Waals surface area contributed by atoms with E-state index >= 15 is 0 Å². The summed E-state index contributed by atoms with van der Waals surface area (Å²) in [5.74, 6) is -2.66. The molecule has 25 heavy (non-hydrogen) atoms. The summed E-state index contributed by atoms with van der Waals surface area (Å²) in [7, 11) is 0. The Labute approximate surface area is 142 Å². The van der Waals surface area contributed by atoms with Crippen molar-refractivity contribution in [1.82, 2.24) is 0 Å². The maximum atomic E-state index is 13.9. The molecule has 1 N–H and O–H groups in total. The van der Waals surface area contributed by atoms with Crippen LogP contribution < -0.4 is 5.32 Å². The van der Waals surface area contributed by atoms with Crippen LogP contribution in [0.1, 0.15) is 33.2 Å². The molecule has 0 radical (unpaired) electrons. The summed E-state index contributed by atoms with van der Waals surface area (Å²) < 4.78 is 18.8. The summed E-state index contributed by atoms with van der Waals surface area (Å²) in [6, 6.07) is 11.2. The molecule has 0 bridgehead atoms. The van der Waals surface area contributed by atoms with Gasteiger partial charge < -0.3 is 10.1 Å². The Morgan fingerprint density at radius 1 is 1.16 bits per heavy atom. The predicted octanol–water partition coefficient (Wildman–Crippen LogP) is 2.70. The zero-order valence-electron chi connectivity index (χ0n) is 13.2. The van der Waals surface area contributed by atoms with Crippen molar-refractivity contribution in [3.63, 3.8) is 0 Å². The van der Waals surface area contributed by atoms with Crippen LogP contribution in [0.15, 0.2) is 42.5 Å². The summed E-state index contributed by atoms with van der Waals surface area (Å²) in [5, 5.41) is 11.1. The largest absolute Gasteiger partial charge is 0.454 e. The Hall–Kier alpha value is -3.53. The molecule has 6 nitrogen and oxygen atoms in total. The standard InChI is InChI=1S/C18H13FN2O4/c1-11(22)21-14-6-7-15(16(19)8-14)17(23)10-25-18(24)13-4-2-12(9-20)3-5-13/h2-8H,10H2,1H3,(H,21,22). The number of ether oxygens (including phenoxy) is 1. The van der Waals surface area contributed by atoms with Gasteiger partial charge in [0.05, 0.1) is 22.8 Å². The first-order valence-electron chi connectivity index (χ1n) is 7.18. The zero-order valence-corrected chi connectivity index (χ0v) is 13.2. The van der Waals surface area contributed by atoms with Gasteiger partial charge in [0, 0.05) is 12.6 Å². The second-order valence-electron chi connectivity index (χ2n) is 5.06. The van der Waals surface area contributed by atoms with E-state index in [9.17, 15) is 18.8 Å². The average Bonchev–Trinajstić information content (AvgIpc) is 2.59. The lowest BCUT2D eigenvalue weighted by atomic mass is 10.1. The highest BCUT2D eigenvalue weighted by atomic mass is 19.1. The molecule has 0 heterocycles. The molecule has 7 heteroatoms. The summed E-state index contributed by atoms with van der Waals surface area (Å²) in [6.07, 6.45) is 0. The Bertz CT molecular complexity index is 870. The van der Waals surface area contributed by atoms with E-state index < -0.39 is 24.2 Å². The summed E-state index contributed by atoms with van der Waals surface area (Å²) in [5.41, 5.74) is 0.528. The molecule has 2 rings (SSSR count). The molecule has 2 aromatic carbocycles. The summed E-state index contributed by atoms with van der Waals surface area (Å²) in [6.45, 7) is 0.648. The van der Waals surface area contributed by atoms with Crippen LogP contribution in [0.5, 0.6) is 0 Å². The van der Waals surface area contributed by atoms with E-state index in [4.69, 9.17) is 10.00 Å². The second-order valence-corrected chi connectivity index (χ2v) is 5.06. The van der Waals surface area contributed by atoms with Crippen LogP contribution in [-0.4, -0.2) is 24.3 Å². The number of carbonyl (C=O) groups is 3. The van der Waals surface area contributed by atoms with Crippen LogP contribution in [0.25, 0.3) is 0 Å². The molecule has 0 atom stereocenters. The minimum absolute atomic E-state index is 0.174. The topological polar surface area (TPSA) is 96.3 Å². The van der Waals surface area contributed by atoms with E-state index in [0.29, 0.717) is 5.56 Å². The Balaban J connectivity index is 2.00. The average molecular weight is 340 g/mol. The lowest BCUT2D eigenvalue weighted by molar-refractivity contribution is -0.114. The molecule has 0 saturated carbocycles. The first-order valence-corrected chi connectivity index (χ1v) is 7.18. The summed E-state index contributed by atoms with van der Waals surface area (Å²) >= 11 is 0. The zero-order chi connectivity index (χ0) is 18.4. The monoisotopic (exact) mass is 340 g/mol. The highest BCUT2D eigenvalue weighted by molar-refractivity contribution is 6.00. The van der Waals surface area contributed by atoms with Gasteiger partial charge in [-0.3, -0.25) is 9.59 Å². The highest BCUT2D eigenvalue weighted by Gasteiger charge is 2.16. The molecule has 1 amide bonds. The predicted molar refractivity (Wildman–Crippen MR) is 86.5 cm³/mol. The van der Waals surface area contributed by atoms with Crippen molar-refractivity contribution < 1.29 is 23.5 Å². The molecule has 0 saturated heterocycles. The molecule has 0 fully saturated rings. The van der Waals surface area contributed by atoms with Gasteiger partial charge in [0.1, 0.15) is 5.82 Å². The van der Waals surface area contributed by atoms with Gasteiger partial charge in [-0.25, -0.2) is 9.18 Å². The molecule has 0 aliphatic heterocycles. The van der Waals surface area contributed by atoms with Crippen LogP contribution >= 0.6 is 0 Å². The van der Waals surface area contributed by atoms with Crippen molar-refractivity contribution in [3.8, 4) is 6.07 Å². The Morgan fingerprint density at radius 2 is 1.84 bits per heavy atom. The lowest BCUT2D eigenvalue weighted by Gasteiger charge is -2.07. The maximum absolute atomic E-state index is 13.9. The SMILES string of the molecule is CC(=O)Nc1ccc(C(=O)COC(=O)c2ccc(C#N)cc2)c(F)c1. The van der Waals surface area contributed by atoms with E-state index in [-0.39, 0.29) is 22.7 Å². The van der Waals surface area contributed by atoms with Crippen LogP contribution in [0.3, 0.4) is 0 Å². The molecule has 2 aromatic rings. The number of nitriles is 1. The fourth-order valence-electron chi connectivity index (χ4n) is 2.00. The van der Waals surface area contributed by atoms with Crippen LogP contribution in [0.4, 0.5) is 10.1 Å². The molecule has 0 aliphatic carbocycles. The van der Waals surface area contributed by atoms with Gasteiger partial charge in [0.25, 0.3) is 0 Å². The molecular formula is C18H13FN2O4. The van der Waals surface area contributed by atoms with E-state index in [1.165, 1.54) is 43.3 Å². The van der Waals surface area contributed by atoms with Crippen LogP contribution in [-0.2, 0) is 9.53 Å². The van der Waals surface area contributed by atoms with E-state index in [2.05, 4.69) is 5.32 Å². The van der Waals surface area contributed by atoms with E-state index in [1.807, 2.05) is 6.07 Å². The van der Waals surface area contributed by atoms with Crippen molar-refractivity contribution in [2.45, 2.75) is 6.92 Å². The number of esters is 1. The number of Topliss-reactive ketones (excluding diaryl/α,β-unsaturated/α-hetero) is 1. The van der Waals surface area contributed by atoms with E-state index in [1.54, 1.807) is 0 Å². The van der Waals surface area contributed by atoms with Crippen molar-refractivity contribution in [2.75, 3.05) is 11.9 Å². The van der Waals surface area contributed by atoms with Gasteiger partial charge in [0.2, 0.25) is 11.7 Å². The van der Waals surface area contributed by atoms with Gasteiger partial charge in [-0.05, 0) is 42.5 Å². The first kappa shape index (κ1) is 17.8. The molecule has 126 valence electrons. The third-order valence-corrected chi connectivity index (χ3v) is 3.17. The van der Waals surface area contributed by atoms with Crippen molar-refractivity contribution >= 4 is 23.3 Å². The minimum atomic E-state index is -0.828. The quantitative estimate of drug-likeness (QED) is 0.667. The van der Waals surface area contributed by atoms with Crippen molar-refractivity contribution in [1.29, 1.82) is 5.26 Å². The van der Waals surface area contributed by atoms with Crippen LogP contribution in [0.2, 0.25) is 0 Å². The molecule has 0 spiro atoms. The van der Waals surface area contributed by atoms with Gasteiger partial charge in [-0.2, -0.15) is 5.26 Å². The van der Waals surface area contributed by atoms with Crippen molar-refractivity contribution in [3.05, 3.63) is 65.0 Å². The molecule has 0 unspecified atom stereocenters. The Kier molecular flexibility index (Phi) is 5.58. The number of rotatable bonds is 5. The Morgan fingerprint density at radius 3 is 2.40 bits per heavy atom. The van der Waals surface area contributed by atoms with Gasteiger partial charge in [-0.15, -0.1) is 0 Å². The number of carbonyl (C=O) groups excluding carboxylic acids is 3. The second kappa shape index (κ2) is 7.84. The number of ketones is 1. The number of anilines is 1.